The van der Waals surface area contributed by atoms with Gasteiger partial charge in [-0.15, -0.1) is 16.4 Å². The number of nitrogens with one attached hydrogen (secondary N) is 1. The van der Waals surface area contributed by atoms with Gasteiger partial charge in [0.25, 0.3) is 0 Å². The lowest BCUT2D eigenvalue weighted by Crippen LogP contribution is -2.44. The van der Waals surface area contributed by atoms with Crippen LogP contribution in [0.15, 0.2) is 47.8 Å². The lowest BCUT2D eigenvalue weighted by atomic mass is 9.97. The van der Waals surface area contributed by atoms with Gasteiger partial charge in [0.15, 0.2) is 5.82 Å². The Hall–Kier alpha value is -3.26. The molecule has 0 radical (unpaired) electrons. The van der Waals surface area contributed by atoms with Gasteiger partial charge in [-0.1, -0.05) is 24.3 Å². The molecule has 3 aromatic heterocycles. The summed E-state index contributed by atoms with van der Waals surface area (Å²) in [6.07, 6.45) is 2.71. The number of hydrogen-bond acceptors (Lipinski definition) is 6. The molecule has 1 fully saturated rings. The van der Waals surface area contributed by atoms with Crippen molar-refractivity contribution in [3.05, 3.63) is 64.1 Å². The van der Waals surface area contributed by atoms with Gasteiger partial charge < -0.3 is 10.2 Å². The Morgan fingerprint density at radius 3 is 2.79 bits per heavy atom. The minimum absolute atomic E-state index is 0.0578. The molecule has 1 aromatic carbocycles. The Balaban J connectivity index is 1.37. The van der Waals surface area contributed by atoms with E-state index in [2.05, 4.69) is 38.8 Å². The molecule has 0 unspecified atom stereocenters. The van der Waals surface area contributed by atoms with Crippen molar-refractivity contribution in [2.75, 3.05) is 24.5 Å². The Labute approximate surface area is 197 Å². The third-order valence-electron chi connectivity index (χ3n) is 6.33. The number of nitrogens with zero attached hydrogens (tertiary/aromatic N) is 5. The molecule has 0 spiro atoms. The van der Waals surface area contributed by atoms with Gasteiger partial charge in [-0.05, 0) is 56.7 Å². The average Bonchev–Trinajstić information content (AvgIpc) is 3.48. The maximum Gasteiger partial charge on any atom is 0.224 e. The summed E-state index contributed by atoms with van der Waals surface area (Å²) in [6, 6.07) is 14.3. The van der Waals surface area contributed by atoms with E-state index in [0.29, 0.717) is 13.1 Å². The van der Waals surface area contributed by atoms with Crippen molar-refractivity contribution in [3.63, 3.8) is 0 Å². The van der Waals surface area contributed by atoms with Crippen molar-refractivity contribution < 1.29 is 4.79 Å². The van der Waals surface area contributed by atoms with Crippen LogP contribution in [0.25, 0.3) is 16.6 Å². The zero-order chi connectivity index (χ0) is 22.8. The molecule has 1 saturated heterocycles. The second-order valence-electron chi connectivity index (χ2n) is 8.57. The van der Waals surface area contributed by atoms with E-state index in [9.17, 15) is 4.79 Å². The maximum absolute atomic E-state index is 12.9. The Morgan fingerprint density at radius 1 is 1.15 bits per heavy atom. The highest BCUT2D eigenvalue weighted by Crippen LogP contribution is 2.31. The highest BCUT2D eigenvalue weighted by molar-refractivity contribution is 7.09. The zero-order valence-corrected chi connectivity index (χ0v) is 19.8. The number of benzene rings is 1. The van der Waals surface area contributed by atoms with Crippen LogP contribution in [0.1, 0.15) is 29.1 Å². The predicted octanol–water partition coefficient (Wildman–Crippen LogP) is 4.07. The fraction of sp³-hybridized carbons (Fsp3) is 0.360. The van der Waals surface area contributed by atoms with Gasteiger partial charge in [0.2, 0.25) is 5.91 Å². The quantitative estimate of drug-likeness (QED) is 0.469. The van der Waals surface area contributed by atoms with Gasteiger partial charge in [0, 0.05) is 24.5 Å². The van der Waals surface area contributed by atoms with Crippen LogP contribution in [-0.2, 0) is 11.2 Å². The van der Waals surface area contributed by atoms with Crippen molar-refractivity contribution in [2.45, 2.75) is 33.1 Å². The summed E-state index contributed by atoms with van der Waals surface area (Å²) >= 11 is 1.73. The number of amides is 1. The topological polar surface area (TPSA) is 75.9 Å². The van der Waals surface area contributed by atoms with Gasteiger partial charge >= 0.3 is 0 Å². The van der Waals surface area contributed by atoms with Gasteiger partial charge in [-0.25, -0.2) is 4.68 Å². The SMILES string of the molecule is Cc1nnc(N2CCC[C@@H](C(=O)NCCc3cccs3)C2)c2nn(-c3ccccc3)c(C)c12. The summed E-state index contributed by atoms with van der Waals surface area (Å²) in [7, 11) is 0. The average molecular weight is 461 g/mol. The zero-order valence-electron chi connectivity index (χ0n) is 19.0. The third kappa shape index (κ3) is 4.35. The molecule has 7 nitrogen and oxygen atoms in total. The van der Waals surface area contributed by atoms with Crippen molar-refractivity contribution in [1.29, 1.82) is 0 Å². The van der Waals surface area contributed by atoms with Crippen molar-refractivity contribution >= 4 is 34.0 Å². The highest BCUT2D eigenvalue weighted by atomic mass is 32.1. The number of rotatable bonds is 6. The van der Waals surface area contributed by atoms with Crippen LogP contribution in [0.3, 0.4) is 0 Å². The molecule has 33 heavy (non-hydrogen) atoms. The summed E-state index contributed by atoms with van der Waals surface area (Å²) in [4.78, 5) is 16.4. The minimum Gasteiger partial charge on any atom is -0.355 e. The molecule has 4 heterocycles. The molecule has 8 heteroatoms. The number of para-hydroxylation sites is 1. The second-order valence-corrected chi connectivity index (χ2v) is 9.60. The first-order chi connectivity index (χ1) is 16.1. The summed E-state index contributed by atoms with van der Waals surface area (Å²) < 4.78 is 1.96. The molecule has 1 N–H and O–H groups in total. The Bertz CT molecular complexity index is 1250. The molecule has 1 amide bonds. The van der Waals surface area contributed by atoms with E-state index in [0.717, 1.165) is 59.6 Å². The number of carbonyl (C=O) groups excluding carboxylic acids is 1. The Kier molecular flexibility index (Phi) is 6.09. The molecule has 4 aromatic rings. The Morgan fingerprint density at radius 2 is 2.00 bits per heavy atom. The van der Waals surface area contributed by atoms with Gasteiger partial charge in [0.05, 0.1) is 28.4 Å². The van der Waals surface area contributed by atoms with Crippen molar-refractivity contribution in [2.24, 2.45) is 5.92 Å². The molecule has 1 aliphatic heterocycles. The molecule has 170 valence electrons. The molecular weight excluding hydrogens is 432 g/mol. The van der Waals surface area contributed by atoms with Crippen molar-refractivity contribution in [1.82, 2.24) is 25.3 Å². The van der Waals surface area contributed by atoms with Crippen molar-refractivity contribution in [3.8, 4) is 5.69 Å². The van der Waals surface area contributed by atoms with Crippen LogP contribution >= 0.6 is 11.3 Å². The fourth-order valence-electron chi connectivity index (χ4n) is 4.64. The molecular formula is C25H28N6OS. The van der Waals surface area contributed by atoms with E-state index in [1.807, 2.05) is 48.0 Å². The molecule has 5 rings (SSSR count). The van der Waals surface area contributed by atoms with E-state index in [1.54, 1.807) is 11.3 Å². The monoisotopic (exact) mass is 460 g/mol. The third-order valence-corrected chi connectivity index (χ3v) is 7.26. The molecule has 0 bridgehead atoms. The van der Waals surface area contributed by atoms with Crippen LogP contribution < -0.4 is 10.2 Å². The van der Waals surface area contributed by atoms with E-state index < -0.39 is 0 Å². The lowest BCUT2D eigenvalue weighted by molar-refractivity contribution is -0.125. The summed E-state index contributed by atoms with van der Waals surface area (Å²) in [5.74, 6) is 0.834. The highest BCUT2D eigenvalue weighted by Gasteiger charge is 2.29. The second kappa shape index (κ2) is 9.31. The number of piperidine rings is 1. The van der Waals surface area contributed by atoms with Crippen LogP contribution in [0.2, 0.25) is 0 Å². The van der Waals surface area contributed by atoms with Crippen LogP contribution in [0.5, 0.6) is 0 Å². The summed E-state index contributed by atoms with van der Waals surface area (Å²) in [6.45, 7) is 6.20. The molecule has 0 aliphatic carbocycles. The first-order valence-corrected chi connectivity index (χ1v) is 12.3. The van der Waals surface area contributed by atoms with Gasteiger partial charge in [-0.2, -0.15) is 10.2 Å². The standard InChI is InChI=1S/C25H28N6OS/c1-17-22-18(2)31(20-9-4-3-5-10-20)29-23(22)24(28-27-17)30-14-6-8-19(16-30)25(32)26-13-12-21-11-7-15-33-21/h3-5,7,9-11,15,19H,6,8,12-14,16H2,1-2H3,(H,26,32)/t19-/m1/s1. The maximum atomic E-state index is 12.9. The number of carbonyl (C=O) groups is 1. The number of thiophene rings is 1. The summed E-state index contributed by atoms with van der Waals surface area (Å²) in [5.41, 5.74) is 3.78. The number of aromatic nitrogens is 4. The van der Waals surface area contributed by atoms with E-state index in [-0.39, 0.29) is 11.8 Å². The molecule has 1 atom stereocenters. The fourth-order valence-corrected chi connectivity index (χ4v) is 5.35. The number of anilines is 1. The molecule has 1 aliphatic rings. The minimum atomic E-state index is -0.0578. The van der Waals surface area contributed by atoms with Crippen LogP contribution in [-0.4, -0.2) is 45.5 Å². The van der Waals surface area contributed by atoms with Crippen LogP contribution in [0.4, 0.5) is 5.82 Å². The summed E-state index contributed by atoms with van der Waals surface area (Å²) in [5, 5.41) is 20.2. The number of hydrogen-bond donors (Lipinski definition) is 1. The van der Waals surface area contributed by atoms with Gasteiger partial charge in [-0.3, -0.25) is 4.79 Å². The van der Waals surface area contributed by atoms with E-state index in [1.165, 1.54) is 4.88 Å². The number of fused-ring (bicyclic) bond motifs is 1. The number of aryl methyl sites for hydroxylation is 2. The van der Waals surface area contributed by atoms with E-state index >= 15 is 0 Å². The van der Waals surface area contributed by atoms with Gasteiger partial charge in [0.1, 0.15) is 5.52 Å². The predicted molar refractivity (Wildman–Crippen MR) is 132 cm³/mol. The lowest BCUT2D eigenvalue weighted by Gasteiger charge is -2.32. The molecule has 0 saturated carbocycles. The normalized spacial score (nSPS) is 16.3. The first-order valence-electron chi connectivity index (χ1n) is 11.4. The van der Waals surface area contributed by atoms with Crippen LogP contribution in [0, 0.1) is 19.8 Å². The smallest absolute Gasteiger partial charge is 0.224 e. The first kappa shape index (κ1) is 21.6. The van der Waals surface area contributed by atoms with E-state index in [4.69, 9.17) is 5.10 Å². The largest absolute Gasteiger partial charge is 0.355 e.